The Morgan fingerprint density at radius 1 is 1.53 bits per heavy atom. The standard InChI is InChI=1S/C12H22N2O3/c1-16-10-2-7-17-12(8-10)3-5-14(6-4-12)11(15)9-13/h10H,2-9,13H2,1H3/t10-/m1/s1. The Labute approximate surface area is 102 Å². The van der Waals surface area contributed by atoms with Crippen molar-refractivity contribution in [3.8, 4) is 0 Å². The molecule has 0 bridgehead atoms. The van der Waals surface area contributed by atoms with Crippen LogP contribution in [-0.2, 0) is 14.3 Å². The molecule has 0 radical (unpaired) electrons. The fraction of sp³-hybridized carbons (Fsp3) is 0.917. The molecule has 2 aliphatic heterocycles. The highest BCUT2D eigenvalue weighted by Gasteiger charge is 2.41. The van der Waals surface area contributed by atoms with Gasteiger partial charge in [-0.2, -0.15) is 0 Å². The van der Waals surface area contributed by atoms with Crippen LogP contribution < -0.4 is 5.73 Å². The number of amides is 1. The Bertz CT molecular complexity index is 275. The number of likely N-dealkylation sites (tertiary alicyclic amines) is 1. The van der Waals surface area contributed by atoms with Crippen LogP contribution in [0.1, 0.15) is 25.7 Å². The summed E-state index contributed by atoms with van der Waals surface area (Å²) in [6.45, 7) is 2.39. The second kappa shape index (κ2) is 5.33. The number of piperidine rings is 1. The maximum Gasteiger partial charge on any atom is 0.236 e. The largest absolute Gasteiger partial charge is 0.381 e. The summed E-state index contributed by atoms with van der Waals surface area (Å²) in [5, 5.41) is 0. The van der Waals surface area contributed by atoms with Gasteiger partial charge in [0.1, 0.15) is 0 Å². The summed E-state index contributed by atoms with van der Waals surface area (Å²) in [4.78, 5) is 13.3. The molecule has 0 aromatic carbocycles. The smallest absolute Gasteiger partial charge is 0.236 e. The Kier molecular flexibility index (Phi) is 4.01. The normalized spacial score (nSPS) is 28.4. The fourth-order valence-electron chi connectivity index (χ4n) is 2.83. The molecule has 2 saturated heterocycles. The SMILES string of the molecule is CO[C@@H]1CCOC2(CCN(C(=O)CN)CC2)C1. The van der Waals surface area contributed by atoms with E-state index >= 15 is 0 Å². The van der Waals surface area contributed by atoms with E-state index in [4.69, 9.17) is 15.2 Å². The molecule has 2 heterocycles. The number of nitrogens with two attached hydrogens (primary N) is 1. The highest BCUT2D eigenvalue weighted by Crippen LogP contribution is 2.35. The number of methoxy groups -OCH3 is 1. The highest BCUT2D eigenvalue weighted by molar-refractivity contribution is 5.78. The third-order valence-corrected chi connectivity index (χ3v) is 3.98. The first-order valence-electron chi connectivity index (χ1n) is 6.34. The van der Waals surface area contributed by atoms with Crippen molar-refractivity contribution in [2.75, 3.05) is 33.4 Å². The molecule has 17 heavy (non-hydrogen) atoms. The maximum absolute atomic E-state index is 11.5. The third kappa shape index (κ3) is 2.78. The van der Waals surface area contributed by atoms with Crippen LogP contribution in [0.3, 0.4) is 0 Å². The van der Waals surface area contributed by atoms with Crippen LogP contribution in [0, 0.1) is 0 Å². The summed E-state index contributed by atoms with van der Waals surface area (Å²) in [6, 6.07) is 0. The Hall–Kier alpha value is -0.650. The van der Waals surface area contributed by atoms with Crippen molar-refractivity contribution < 1.29 is 14.3 Å². The molecule has 5 heteroatoms. The zero-order valence-electron chi connectivity index (χ0n) is 10.5. The zero-order valence-corrected chi connectivity index (χ0v) is 10.5. The predicted octanol–water partition coefficient (Wildman–Crippen LogP) is 0.132. The molecule has 0 aliphatic carbocycles. The number of nitrogens with zero attached hydrogens (tertiary/aromatic N) is 1. The molecular formula is C12H22N2O3. The van der Waals surface area contributed by atoms with Gasteiger partial charge >= 0.3 is 0 Å². The summed E-state index contributed by atoms with van der Waals surface area (Å²) >= 11 is 0. The van der Waals surface area contributed by atoms with Crippen molar-refractivity contribution in [2.45, 2.75) is 37.4 Å². The minimum absolute atomic E-state index is 0.0407. The summed E-state index contributed by atoms with van der Waals surface area (Å²) in [5.41, 5.74) is 5.31. The van der Waals surface area contributed by atoms with Gasteiger partial charge < -0.3 is 20.1 Å². The minimum atomic E-state index is -0.0652. The first kappa shape index (κ1) is 12.8. The van der Waals surface area contributed by atoms with E-state index in [0.29, 0.717) is 6.10 Å². The summed E-state index contributed by atoms with van der Waals surface area (Å²) in [5.74, 6) is 0.0407. The number of hydrogen-bond acceptors (Lipinski definition) is 4. The number of ether oxygens (including phenoxy) is 2. The van der Waals surface area contributed by atoms with Crippen LogP contribution in [0.4, 0.5) is 0 Å². The molecule has 98 valence electrons. The first-order chi connectivity index (χ1) is 8.19. The number of rotatable bonds is 2. The molecule has 1 atom stereocenters. The van der Waals surface area contributed by atoms with Crippen molar-refractivity contribution in [3.05, 3.63) is 0 Å². The summed E-state index contributed by atoms with van der Waals surface area (Å²) in [6.07, 6.45) is 4.04. The van der Waals surface area contributed by atoms with Crippen LogP contribution in [-0.4, -0.2) is 55.9 Å². The molecule has 2 rings (SSSR count). The van der Waals surface area contributed by atoms with Crippen molar-refractivity contribution in [1.29, 1.82) is 0 Å². The van der Waals surface area contributed by atoms with Gasteiger partial charge in [0, 0.05) is 33.2 Å². The molecule has 0 unspecified atom stereocenters. The molecule has 0 aromatic heterocycles. The molecule has 1 amide bonds. The Balaban J connectivity index is 1.90. The minimum Gasteiger partial charge on any atom is -0.381 e. The third-order valence-electron chi connectivity index (χ3n) is 3.98. The van der Waals surface area contributed by atoms with Crippen molar-refractivity contribution >= 4 is 5.91 Å². The van der Waals surface area contributed by atoms with Gasteiger partial charge in [0.2, 0.25) is 5.91 Å². The number of carbonyl (C=O) groups excluding carboxylic acids is 1. The van der Waals surface area contributed by atoms with Gasteiger partial charge in [0.25, 0.3) is 0 Å². The Morgan fingerprint density at radius 3 is 2.82 bits per heavy atom. The predicted molar refractivity (Wildman–Crippen MR) is 63.6 cm³/mol. The molecule has 0 aromatic rings. The van der Waals surface area contributed by atoms with E-state index in [9.17, 15) is 4.79 Å². The van der Waals surface area contributed by atoms with Gasteiger partial charge in [-0.15, -0.1) is 0 Å². The fourth-order valence-corrected chi connectivity index (χ4v) is 2.83. The molecule has 5 nitrogen and oxygen atoms in total. The monoisotopic (exact) mass is 242 g/mol. The van der Waals surface area contributed by atoms with Crippen molar-refractivity contribution in [1.82, 2.24) is 4.90 Å². The van der Waals surface area contributed by atoms with Crippen LogP contribution in [0.25, 0.3) is 0 Å². The van der Waals surface area contributed by atoms with Gasteiger partial charge in [0.15, 0.2) is 0 Å². The van der Waals surface area contributed by atoms with E-state index in [1.165, 1.54) is 0 Å². The molecular weight excluding hydrogens is 220 g/mol. The topological polar surface area (TPSA) is 64.8 Å². The molecule has 2 N–H and O–H groups in total. The van der Waals surface area contributed by atoms with Crippen molar-refractivity contribution in [3.63, 3.8) is 0 Å². The summed E-state index contributed by atoms with van der Waals surface area (Å²) < 4.78 is 11.4. The first-order valence-corrected chi connectivity index (χ1v) is 6.34. The molecule has 0 saturated carbocycles. The van der Waals surface area contributed by atoms with Crippen molar-refractivity contribution in [2.24, 2.45) is 5.73 Å². The van der Waals surface area contributed by atoms with E-state index in [1.54, 1.807) is 7.11 Å². The lowest BCUT2D eigenvalue weighted by Crippen LogP contribution is -2.52. The average Bonchev–Trinajstić information content (AvgIpc) is 2.39. The number of hydrogen-bond donors (Lipinski definition) is 1. The van der Waals surface area contributed by atoms with E-state index < -0.39 is 0 Å². The number of carbonyl (C=O) groups is 1. The van der Waals surface area contributed by atoms with Gasteiger partial charge in [-0.1, -0.05) is 0 Å². The van der Waals surface area contributed by atoms with E-state index in [2.05, 4.69) is 0 Å². The quantitative estimate of drug-likeness (QED) is 0.747. The van der Waals surface area contributed by atoms with Crippen LogP contribution in [0.2, 0.25) is 0 Å². The van der Waals surface area contributed by atoms with Gasteiger partial charge in [-0.05, 0) is 19.3 Å². The zero-order chi connectivity index (χ0) is 12.3. The summed E-state index contributed by atoms with van der Waals surface area (Å²) in [7, 11) is 1.76. The highest BCUT2D eigenvalue weighted by atomic mass is 16.5. The van der Waals surface area contributed by atoms with Crippen LogP contribution in [0.5, 0.6) is 0 Å². The lowest BCUT2D eigenvalue weighted by Gasteiger charge is -2.45. The lowest BCUT2D eigenvalue weighted by molar-refractivity contribution is -0.156. The van der Waals surface area contributed by atoms with E-state index in [-0.39, 0.29) is 18.1 Å². The average molecular weight is 242 g/mol. The molecule has 1 spiro atoms. The molecule has 2 aliphatic rings. The maximum atomic E-state index is 11.5. The lowest BCUT2D eigenvalue weighted by atomic mass is 9.83. The second-order valence-corrected chi connectivity index (χ2v) is 4.97. The van der Waals surface area contributed by atoms with Crippen LogP contribution in [0.15, 0.2) is 0 Å². The molecule has 2 fully saturated rings. The van der Waals surface area contributed by atoms with Gasteiger partial charge in [0.05, 0.1) is 18.2 Å². The van der Waals surface area contributed by atoms with E-state index in [0.717, 1.165) is 45.4 Å². The van der Waals surface area contributed by atoms with Gasteiger partial charge in [-0.3, -0.25) is 4.79 Å². The Morgan fingerprint density at radius 2 is 2.24 bits per heavy atom. The van der Waals surface area contributed by atoms with E-state index in [1.807, 2.05) is 4.90 Å². The van der Waals surface area contributed by atoms with Crippen LogP contribution >= 0.6 is 0 Å². The van der Waals surface area contributed by atoms with Gasteiger partial charge in [-0.25, -0.2) is 0 Å². The second-order valence-electron chi connectivity index (χ2n) is 4.97.